The molecule has 0 aliphatic carbocycles. The zero-order valence-electron chi connectivity index (χ0n) is 8.77. The summed E-state index contributed by atoms with van der Waals surface area (Å²) < 4.78 is 1.89. The van der Waals surface area contributed by atoms with E-state index >= 15 is 0 Å². The zero-order chi connectivity index (χ0) is 11.1. The van der Waals surface area contributed by atoms with Crippen molar-refractivity contribution in [3.8, 4) is 0 Å². The molecule has 0 saturated heterocycles. The number of carbonyl (C=O) groups is 1. The van der Waals surface area contributed by atoms with Crippen molar-refractivity contribution in [2.24, 2.45) is 7.05 Å². The fourth-order valence-electron chi connectivity index (χ4n) is 0.932. The summed E-state index contributed by atoms with van der Waals surface area (Å²) in [6, 6.07) is 3.50. The monoisotopic (exact) mass is 206 g/mol. The summed E-state index contributed by atoms with van der Waals surface area (Å²) in [7, 11) is 3.54. The third kappa shape index (κ3) is 3.68. The molecule has 0 aliphatic rings. The molecule has 2 N–H and O–H groups in total. The largest absolute Gasteiger partial charge is 0.357 e. The number of nitrogens with zero attached hydrogens (tertiary/aromatic N) is 2. The van der Waals surface area contributed by atoms with Crippen LogP contribution >= 0.6 is 0 Å². The van der Waals surface area contributed by atoms with E-state index in [0.717, 1.165) is 0 Å². The molecule has 5 heteroatoms. The van der Waals surface area contributed by atoms with E-state index in [1.54, 1.807) is 37.9 Å². The molecule has 80 valence electrons. The maximum atomic E-state index is 10.7. The Morgan fingerprint density at radius 1 is 1.60 bits per heavy atom. The molecular weight excluding hydrogens is 192 g/mol. The number of hydrogen-bond acceptors (Lipinski definition) is 2. The Balaban J connectivity index is 0.000000162. The van der Waals surface area contributed by atoms with Crippen LogP contribution in [0.1, 0.15) is 10.5 Å². The van der Waals surface area contributed by atoms with Gasteiger partial charge >= 0.3 is 0 Å². The number of nitrogens with one attached hydrogen (secondary N) is 2. The molecule has 0 fully saturated rings. The number of aromatic nitrogens is 3. The van der Waals surface area contributed by atoms with Crippen LogP contribution in [0.4, 0.5) is 0 Å². The van der Waals surface area contributed by atoms with Gasteiger partial charge in [0.2, 0.25) is 0 Å². The standard InChI is InChI=1S/C6H8N2O.C4H6N2/c1-7-6(9)5-3-2-4-8-5;1-6-3-2-5-4-6/h2-4,8H,1H3,(H,7,9);2-4H,1H3. The third-order valence-electron chi connectivity index (χ3n) is 1.71. The topological polar surface area (TPSA) is 62.7 Å². The van der Waals surface area contributed by atoms with Gasteiger partial charge < -0.3 is 14.9 Å². The molecule has 2 heterocycles. The minimum Gasteiger partial charge on any atom is -0.357 e. The number of H-pyrrole nitrogens is 1. The Bertz CT molecular complexity index is 377. The number of hydrogen-bond donors (Lipinski definition) is 2. The zero-order valence-corrected chi connectivity index (χ0v) is 8.77. The molecular formula is C10H14N4O. The lowest BCUT2D eigenvalue weighted by Gasteiger charge is -1.91. The van der Waals surface area contributed by atoms with Gasteiger partial charge in [0, 0.05) is 32.7 Å². The fraction of sp³-hybridized carbons (Fsp3) is 0.200. The van der Waals surface area contributed by atoms with Crippen LogP contribution in [0.25, 0.3) is 0 Å². The van der Waals surface area contributed by atoms with E-state index in [0.29, 0.717) is 5.69 Å². The Labute approximate surface area is 88.1 Å². The van der Waals surface area contributed by atoms with Crippen LogP contribution in [0.2, 0.25) is 0 Å². The average Bonchev–Trinajstić information content (AvgIpc) is 2.89. The van der Waals surface area contributed by atoms with Crippen LogP contribution in [-0.4, -0.2) is 27.5 Å². The fourth-order valence-corrected chi connectivity index (χ4v) is 0.932. The molecule has 5 nitrogen and oxygen atoms in total. The lowest BCUT2D eigenvalue weighted by Crippen LogP contribution is -2.17. The second kappa shape index (κ2) is 5.64. The van der Waals surface area contributed by atoms with Gasteiger partial charge in [-0.2, -0.15) is 0 Å². The first-order valence-corrected chi connectivity index (χ1v) is 4.51. The van der Waals surface area contributed by atoms with Gasteiger partial charge in [-0.3, -0.25) is 4.79 Å². The van der Waals surface area contributed by atoms with Gasteiger partial charge in [-0.1, -0.05) is 0 Å². The summed E-state index contributed by atoms with van der Waals surface area (Å²) >= 11 is 0. The van der Waals surface area contributed by atoms with Crippen LogP contribution < -0.4 is 5.32 Å². The summed E-state index contributed by atoms with van der Waals surface area (Å²) in [6.45, 7) is 0. The number of carbonyl (C=O) groups excluding carboxylic acids is 1. The van der Waals surface area contributed by atoms with Crippen LogP contribution in [-0.2, 0) is 7.05 Å². The highest BCUT2D eigenvalue weighted by Crippen LogP contribution is 1.91. The molecule has 15 heavy (non-hydrogen) atoms. The summed E-state index contributed by atoms with van der Waals surface area (Å²) in [4.78, 5) is 17.3. The lowest BCUT2D eigenvalue weighted by atomic mass is 10.4. The molecule has 1 amide bonds. The van der Waals surface area contributed by atoms with Crippen molar-refractivity contribution >= 4 is 5.91 Å². The first-order chi connectivity index (χ1) is 7.24. The lowest BCUT2D eigenvalue weighted by molar-refractivity contribution is 0.0959. The molecule has 0 spiro atoms. The van der Waals surface area contributed by atoms with Crippen molar-refractivity contribution in [1.82, 2.24) is 19.9 Å². The Morgan fingerprint density at radius 3 is 2.73 bits per heavy atom. The molecule has 0 atom stereocenters. The van der Waals surface area contributed by atoms with Crippen molar-refractivity contribution in [1.29, 1.82) is 0 Å². The molecule has 2 aromatic heterocycles. The molecule has 0 aromatic carbocycles. The molecule has 2 aromatic rings. The first-order valence-electron chi connectivity index (χ1n) is 4.51. The number of rotatable bonds is 1. The third-order valence-corrected chi connectivity index (χ3v) is 1.71. The first kappa shape index (κ1) is 11.0. The number of imidazole rings is 1. The molecule has 2 rings (SSSR count). The maximum absolute atomic E-state index is 10.7. The van der Waals surface area contributed by atoms with Gasteiger partial charge in [0.05, 0.1) is 6.33 Å². The van der Waals surface area contributed by atoms with E-state index in [1.807, 2.05) is 17.8 Å². The highest BCUT2D eigenvalue weighted by Gasteiger charge is 1.99. The highest BCUT2D eigenvalue weighted by molar-refractivity contribution is 5.92. The van der Waals surface area contributed by atoms with Gasteiger partial charge in [-0.05, 0) is 12.1 Å². The van der Waals surface area contributed by atoms with E-state index in [4.69, 9.17) is 0 Å². The smallest absolute Gasteiger partial charge is 0.267 e. The van der Waals surface area contributed by atoms with Crippen LogP contribution in [0.3, 0.4) is 0 Å². The van der Waals surface area contributed by atoms with Gasteiger partial charge in [0.1, 0.15) is 5.69 Å². The minimum absolute atomic E-state index is 0.0833. The maximum Gasteiger partial charge on any atom is 0.267 e. The van der Waals surface area contributed by atoms with E-state index < -0.39 is 0 Å². The van der Waals surface area contributed by atoms with Crippen LogP contribution in [0, 0.1) is 0 Å². The summed E-state index contributed by atoms with van der Waals surface area (Å²) in [5, 5.41) is 2.50. The predicted octanol–water partition coefficient (Wildman–Crippen LogP) is 0.794. The average molecular weight is 206 g/mol. The van der Waals surface area contributed by atoms with Crippen molar-refractivity contribution in [2.45, 2.75) is 0 Å². The number of amides is 1. The van der Waals surface area contributed by atoms with Crippen molar-refractivity contribution < 1.29 is 4.79 Å². The second-order valence-electron chi connectivity index (χ2n) is 2.89. The normalized spacial score (nSPS) is 8.93. The summed E-state index contributed by atoms with van der Waals surface area (Å²) in [6.07, 6.45) is 7.10. The minimum atomic E-state index is -0.0833. The van der Waals surface area contributed by atoms with Gasteiger partial charge in [0.25, 0.3) is 5.91 Å². The molecule has 0 aliphatic heterocycles. The van der Waals surface area contributed by atoms with E-state index in [-0.39, 0.29) is 5.91 Å². The van der Waals surface area contributed by atoms with Gasteiger partial charge in [-0.15, -0.1) is 0 Å². The summed E-state index contributed by atoms with van der Waals surface area (Å²) in [5.41, 5.74) is 0.595. The van der Waals surface area contributed by atoms with E-state index in [9.17, 15) is 4.79 Å². The molecule has 0 unspecified atom stereocenters. The van der Waals surface area contributed by atoms with E-state index in [1.165, 1.54) is 0 Å². The highest BCUT2D eigenvalue weighted by atomic mass is 16.1. The Morgan fingerprint density at radius 2 is 2.40 bits per heavy atom. The Hall–Kier alpha value is -2.04. The van der Waals surface area contributed by atoms with E-state index in [2.05, 4.69) is 15.3 Å². The summed E-state index contributed by atoms with van der Waals surface area (Å²) in [5.74, 6) is -0.0833. The van der Waals surface area contributed by atoms with Crippen LogP contribution in [0.15, 0.2) is 37.1 Å². The van der Waals surface area contributed by atoms with Gasteiger partial charge in [0.15, 0.2) is 0 Å². The second-order valence-corrected chi connectivity index (χ2v) is 2.89. The quantitative estimate of drug-likeness (QED) is 0.724. The Kier molecular flexibility index (Phi) is 4.15. The molecule has 0 saturated carbocycles. The van der Waals surface area contributed by atoms with Crippen molar-refractivity contribution in [2.75, 3.05) is 7.05 Å². The number of aryl methyl sites for hydroxylation is 1. The van der Waals surface area contributed by atoms with Crippen molar-refractivity contribution in [3.63, 3.8) is 0 Å². The van der Waals surface area contributed by atoms with Gasteiger partial charge in [-0.25, -0.2) is 4.98 Å². The molecule has 0 radical (unpaired) electrons. The SMILES string of the molecule is CNC(=O)c1ccc[nH]1.Cn1ccnc1. The van der Waals surface area contributed by atoms with Crippen molar-refractivity contribution in [3.05, 3.63) is 42.7 Å². The predicted molar refractivity (Wildman–Crippen MR) is 57.4 cm³/mol. The van der Waals surface area contributed by atoms with Crippen LogP contribution in [0.5, 0.6) is 0 Å². The number of aromatic amines is 1. The molecule has 0 bridgehead atoms.